The SMILES string of the molecule is c1ccc(-c2ccccc2-c2ccc(-c3ccc4c5c(cccc35)-c3c-4c(-c4ccccc4)c4ccccc4c3-c3ccccc3)cc2)cc1. The highest BCUT2D eigenvalue weighted by Gasteiger charge is 2.31. The van der Waals surface area contributed by atoms with E-state index in [0.29, 0.717) is 0 Å². The second kappa shape index (κ2) is 11.6. The van der Waals surface area contributed by atoms with E-state index in [4.69, 9.17) is 0 Å². The largest absolute Gasteiger partial charge is 0.0622 e. The fraction of sp³-hybridized carbons (Fsp3) is 0. The summed E-state index contributed by atoms with van der Waals surface area (Å²) in [6.45, 7) is 0. The molecule has 0 unspecified atom stereocenters. The van der Waals surface area contributed by atoms with Gasteiger partial charge in [-0.25, -0.2) is 0 Å². The van der Waals surface area contributed by atoms with E-state index in [2.05, 4.69) is 194 Å². The molecule has 0 saturated carbocycles. The molecule has 1 aliphatic carbocycles. The normalized spacial score (nSPS) is 11.6. The van der Waals surface area contributed by atoms with Crippen LogP contribution in [0.2, 0.25) is 0 Å². The number of hydrogen-bond donors (Lipinski definition) is 0. The monoisotopic (exact) mass is 632 g/mol. The molecule has 0 bridgehead atoms. The topological polar surface area (TPSA) is 0 Å². The molecule has 0 heterocycles. The van der Waals surface area contributed by atoms with Gasteiger partial charge in [-0.05, 0) is 99.4 Å². The lowest BCUT2D eigenvalue weighted by molar-refractivity contribution is 1.58. The predicted octanol–water partition coefficient (Wildman–Crippen LogP) is 14.0. The highest BCUT2D eigenvalue weighted by molar-refractivity contribution is 6.28. The molecule has 0 aliphatic heterocycles. The first-order chi connectivity index (χ1) is 24.8. The molecule has 0 N–H and O–H groups in total. The second-order valence-electron chi connectivity index (χ2n) is 13.2. The summed E-state index contributed by atoms with van der Waals surface area (Å²) in [6, 6.07) is 71.0. The van der Waals surface area contributed by atoms with Gasteiger partial charge in [-0.1, -0.05) is 194 Å². The van der Waals surface area contributed by atoms with Gasteiger partial charge < -0.3 is 0 Å². The third kappa shape index (κ3) is 4.39. The summed E-state index contributed by atoms with van der Waals surface area (Å²) in [5, 5.41) is 5.19. The second-order valence-corrected chi connectivity index (χ2v) is 13.2. The molecule has 0 fully saturated rings. The van der Waals surface area contributed by atoms with E-state index in [1.807, 2.05) is 0 Å². The quantitative estimate of drug-likeness (QED) is 0.177. The maximum absolute atomic E-state index is 2.38. The highest BCUT2D eigenvalue weighted by atomic mass is 14.3. The van der Waals surface area contributed by atoms with Crippen molar-refractivity contribution in [2.75, 3.05) is 0 Å². The standard InChI is InChI=1S/C50H32/c1-4-15-33(16-5-1)38-21-10-11-22-39(38)34-27-29-35(30-28-34)40-31-32-45-48-41(40)25-14-26-44(48)49-46(36-17-6-2-7-18-36)42-23-12-13-24-43(42)47(50(45)49)37-19-8-3-9-20-37/h1-32H. The molecule has 9 aromatic carbocycles. The molecule has 1 aliphatic rings. The van der Waals surface area contributed by atoms with Gasteiger partial charge in [0.2, 0.25) is 0 Å². The Morgan fingerprint density at radius 2 is 0.540 bits per heavy atom. The van der Waals surface area contributed by atoms with Gasteiger partial charge >= 0.3 is 0 Å². The van der Waals surface area contributed by atoms with E-state index in [1.54, 1.807) is 0 Å². The van der Waals surface area contributed by atoms with Crippen molar-refractivity contribution in [1.29, 1.82) is 0 Å². The number of fused-ring (bicyclic) bond motifs is 4. The van der Waals surface area contributed by atoms with Gasteiger partial charge in [-0.3, -0.25) is 0 Å². The molecule has 10 rings (SSSR count). The van der Waals surface area contributed by atoms with Crippen LogP contribution in [0.25, 0.3) is 99.4 Å². The number of benzene rings is 9. The third-order valence-electron chi connectivity index (χ3n) is 10.4. The van der Waals surface area contributed by atoms with Crippen LogP contribution in [0, 0.1) is 0 Å². The van der Waals surface area contributed by atoms with Crippen molar-refractivity contribution in [2.24, 2.45) is 0 Å². The van der Waals surface area contributed by atoms with Crippen LogP contribution in [0.4, 0.5) is 0 Å². The van der Waals surface area contributed by atoms with Crippen molar-refractivity contribution in [3.63, 3.8) is 0 Å². The summed E-state index contributed by atoms with van der Waals surface area (Å²) >= 11 is 0. The van der Waals surface area contributed by atoms with E-state index in [0.717, 1.165) is 0 Å². The Bertz CT molecular complexity index is 2610. The van der Waals surface area contributed by atoms with Crippen LogP contribution >= 0.6 is 0 Å². The van der Waals surface area contributed by atoms with Crippen molar-refractivity contribution in [1.82, 2.24) is 0 Å². The zero-order valence-electron chi connectivity index (χ0n) is 27.5. The van der Waals surface area contributed by atoms with E-state index < -0.39 is 0 Å². The molecule has 0 spiro atoms. The minimum Gasteiger partial charge on any atom is -0.0622 e. The third-order valence-corrected chi connectivity index (χ3v) is 10.4. The Hall–Kier alpha value is -6.50. The van der Waals surface area contributed by atoms with Crippen LogP contribution in [-0.2, 0) is 0 Å². The number of rotatable bonds is 5. The summed E-state index contributed by atoms with van der Waals surface area (Å²) < 4.78 is 0. The van der Waals surface area contributed by atoms with E-state index in [-0.39, 0.29) is 0 Å². The van der Waals surface area contributed by atoms with E-state index in [1.165, 1.54) is 99.4 Å². The summed E-state index contributed by atoms with van der Waals surface area (Å²) in [4.78, 5) is 0. The zero-order valence-corrected chi connectivity index (χ0v) is 27.5. The molecule has 0 nitrogen and oxygen atoms in total. The van der Waals surface area contributed by atoms with Crippen LogP contribution in [0.1, 0.15) is 0 Å². The first-order valence-electron chi connectivity index (χ1n) is 17.4. The smallest absolute Gasteiger partial charge is 0.000741 e. The van der Waals surface area contributed by atoms with Gasteiger partial charge in [0.25, 0.3) is 0 Å². The Labute approximate surface area is 292 Å². The molecule has 0 heteroatoms. The zero-order chi connectivity index (χ0) is 33.0. The Morgan fingerprint density at radius 3 is 1.08 bits per heavy atom. The lowest BCUT2D eigenvalue weighted by atomic mass is 9.82. The molecule has 0 amide bonds. The maximum atomic E-state index is 2.38. The molecule has 0 saturated heterocycles. The van der Waals surface area contributed by atoms with Crippen LogP contribution in [-0.4, -0.2) is 0 Å². The lowest BCUT2D eigenvalue weighted by Gasteiger charge is -2.20. The summed E-state index contributed by atoms with van der Waals surface area (Å²) in [6.07, 6.45) is 0. The lowest BCUT2D eigenvalue weighted by Crippen LogP contribution is -1.93. The summed E-state index contributed by atoms with van der Waals surface area (Å²) in [5.41, 5.74) is 17.8. The molecular formula is C50H32. The first kappa shape index (κ1) is 28.5. The molecule has 0 atom stereocenters. The van der Waals surface area contributed by atoms with Crippen molar-refractivity contribution >= 4 is 21.5 Å². The van der Waals surface area contributed by atoms with Gasteiger partial charge in [-0.2, -0.15) is 0 Å². The molecule has 0 radical (unpaired) electrons. The van der Waals surface area contributed by atoms with Crippen molar-refractivity contribution in [2.45, 2.75) is 0 Å². The van der Waals surface area contributed by atoms with Crippen LogP contribution in [0.3, 0.4) is 0 Å². The fourth-order valence-corrected chi connectivity index (χ4v) is 8.30. The minimum absolute atomic E-state index is 1.22. The van der Waals surface area contributed by atoms with Crippen molar-refractivity contribution < 1.29 is 0 Å². The van der Waals surface area contributed by atoms with Crippen molar-refractivity contribution in [3.05, 3.63) is 194 Å². The van der Waals surface area contributed by atoms with Crippen LogP contribution < -0.4 is 0 Å². The molecule has 232 valence electrons. The minimum atomic E-state index is 1.22. The van der Waals surface area contributed by atoms with Gasteiger partial charge in [0.05, 0.1) is 0 Å². The predicted molar refractivity (Wildman–Crippen MR) is 213 cm³/mol. The Balaban J connectivity index is 1.20. The number of hydrogen-bond acceptors (Lipinski definition) is 0. The van der Waals surface area contributed by atoms with E-state index >= 15 is 0 Å². The van der Waals surface area contributed by atoms with Crippen LogP contribution in [0.5, 0.6) is 0 Å². The summed E-state index contributed by atoms with van der Waals surface area (Å²) in [7, 11) is 0. The molecule has 0 aromatic heterocycles. The van der Waals surface area contributed by atoms with Gasteiger partial charge in [0, 0.05) is 0 Å². The van der Waals surface area contributed by atoms with Gasteiger partial charge in [0.1, 0.15) is 0 Å². The Kier molecular flexibility index (Phi) is 6.60. The highest BCUT2D eigenvalue weighted by Crippen LogP contribution is 2.58. The average Bonchev–Trinajstić information content (AvgIpc) is 3.53. The van der Waals surface area contributed by atoms with Gasteiger partial charge in [-0.15, -0.1) is 0 Å². The van der Waals surface area contributed by atoms with Crippen LogP contribution in [0.15, 0.2) is 194 Å². The summed E-state index contributed by atoms with van der Waals surface area (Å²) in [5.74, 6) is 0. The molecule has 50 heavy (non-hydrogen) atoms. The average molecular weight is 633 g/mol. The fourth-order valence-electron chi connectivity index (χ4n) is 8.30. The maximum Gasteiger partial charge on any atom is -0.000741 e. The van der Waals surface area contributed by atoms with Gasteiger partial charge in [0.15, 0.2) is 0 Å². The first-order valence-corrected chi connectivity index (χ1v) is 17.4. The van der Waals surface area contributed by atoms with E-state index in [9.17, 15) is 0 Å². The molecule has 9 aromatic rings. The molecular weight excluding hydrogens is 601 g/mol. The Morgan fingerprint density at radius 1 is 0.180 bits per heavy atom. The van der Waals surface area contributed by atoms with Crippen molar-refractivity contribution in [3.8, 4) is 77.9 Å².